The molecule has 0 aliphatic carbocycles. The van der Waals surface area contributed by atoms with Gasteiger partial charge in [-0.15, -0.1) is 0 Å². The van der Waals surface area contributed by atoms with Gasteiger partial charge < -0.3 is 44.0 Å². The van der Waals surface area contributed by atoms with E-state index < -0.39 is 35.9 Å². The summed E-state index contributed by atoms with van der Waals surface area (Å²) < 4.78 is 0. The number of aryl methyl sites for hydroxylation is 2. The summed E-state index contributed by atoms with van der Waals surface area (Å²) in [7, 11) is 0. The number of Topliss-reactive ketones (excluding diaryl/α,β-unsaturated/α-hetero) is 1. The number of hydrogen-bond acceptors (Lipinski definition) is 8. The number of unbranched alkanes of at least 4 members (excludes halogenated alkanes) is 1. The first-order valence-electron chi connectivity index (χ1n) is 16.1. The van der Waals surface area contributed by atoms with Crippen molar-refractivity contribution < 1.29 is 24.3 Å². The molecule has 3 amide bonds. The monoisotopic (exact) mass is 652 g/mol. The smallest absolute Gasteiger partial charge is 0.240 e. The fraction of sp³-hybridized carbons (Fsp3) is 0.500. The van der Waals surface area contributed by atoms with Crippen LogP contribution in [0.2, 0.25) is 0 Å². The molecule has 258 valence electrons. The number of phenols is 1. The molecule has 0 spiro atoms. The molecule has 0 fully saturated rings. The molecule has 0 saturated carbocycles. The van der Waals surface area contributed by atoms with Gasteiger partial charge in [0.2, 0.25) is 17.7 Å². The summed E-state index contributed by atoms with van der Waals surface area (Å²) in [6.07, 6.45) is 3.18. The Morgan fingerprint density at radius 1 is 0.851 bits per heavy atom. The molecule has 2 aromatic carbocycles. The third kappa shape index (κ3) is 13.8. The standard InChI is InChI=1S/C34H52N8O5/c1-21-17-25(43)18-22(2)26(21)20-28(41-33(47)27(36)12-8-16-40-34(38)39)30(44)14-13-24(11-6-7-15-35)32(46)42-29(31(37)45)19-23-9-4-3-5-10-23/h3-5,9-10,17-18,24,27-29,43H,6-8,11-16,19-20,35-36H2,1-2H3,(H2,37,45)(H,41,47)(H,42,46)(H4,38,39,40)/t24-,27-,28+,29+/m1/s1. The minimum absolute atomic E-state index is 0.0144. The first kappa shape index (κ1) is 38.7. The maximum Gasteiger partial charge on any atom is 0.240 e. The van der Waals surface area contributed by atoms with Gasteiger partial charge in [0, 0.05) is 31.7 Å². The van der Waals surface area contributed by atoms with Crippen LogP contribution in [0.3, 0.4) is 0 Å². The van der Waals surface area contributed by atoms with Crippen molar-refractivity contribution >= 4 is 29.5 Å². The average molecular weight is 653 g/mol. The third-order valence-corrected chi connectivity index (χ3v) is 8.20. The predicted octanol–water partition coefficient (Wildman–Crippen LogP) is 0.934. The van der Waals surface area contributed by atoms with Crippen LogP contribution >= 0.6 is 0 Å². The van der Waals surface area contributed by atoms with E-state index in [1.165, 1.54) is 0 Å². The van der Waals surface area contributed by atoms with Crippen LogP contribution in [0.4, 0.5) is 0 Å². The summed E-state index contributed by atoms with van der Waals surface area (Å²) in [5.74, 6) is -2.47. The second-order valence-electron chi connectivity index (χ2n) is 12.1. The highest BCUT2D eigenvalue weighted by molar-refractivity contribution is 5.92. The van der Waals surface area contributed by atoms with Crippen molar-refractivity contribution in [2.75, 3.05) is 13.1 Å². The summed E-state index contributed by atoms with van der Waals surface area (Å²) in [5, 5.41) is 25.6. The number of aromatic hydroxyl groups is 1. The molecule has 0 aliphatic heterocycles. The van der Waals surface area contributed by atoms with E-state index in [0.29, 0.717) is 45.2 Å². The molecule has 0 radical (unpaired) electrons. The number of phenolic OH excluding ortho intramolecular Hbond substituents is 1. The molecule has 0 unspecified atom stereocenters. The van der Waals surface area contributed by atoms with Crippen LogP contribution < -0.4 is 38.9 Å². The Kier molecular flexibility index (Phi) is 16.4. The van der Waals surface area contributed by atoms with Crippen LogP contribution in [0.1, 0.15) is 67.2 Å². The van der Waals surface area contributed by atoms with Gasteiger partial charge >= 0.3 is 0 Å². The molecule has 0 heterocycles. The van der Waals surface area contributed by atoms with E-state index in [4.69, 9.17) is 28.3 Å². The quantitative estimate of drug-likeness (QED) is 0.0527. The fourth-order valence-electron chi connectivity index (χ4n) is 5.49. The Morgan fingerprint density at radius 2 is 1.49 bits per heavy atom. The first-order chi connectivity index (χ1) is 22.3. The van der Waals surface area contributed by atoms with Crippen LogP contribution in [0.25, 0.3) is 0 Å². The summed E-state index contributed by atoms with van der Waals surface area (Å²) >= 11 is 0. The topological polar surface area (TPSA) is 253 Å². The highest BCUT2D eigenvalue weighted by atomic mass is 16.3. The SMILES string of the molecule is Cc1cc(O)cc(C)c1C[C@H](NC(=O)[C@H](N)CCCNC(=N)N)C(=O)CC[C@@H](CCCCN)C(=O)N[C@@H](Cc1ccccc1)C(N)=O. The Morgan fingerprint density at radius 3 is 2.09 bits per heavy atom. The predicted molar refractivity (Wildman–Crippen MR) is 182 cm³/mol. The zero-order chi connectivity index (χ0) is 34.9. The van der Waals surface area contributed by atoms with Crippen molar-refractivity contribution in [1.29, 1.82) is 5.41 Å². The Bertz CT molecular complexity index is 1330. The van der Waals surface area contributed by atoms with Gasteiger partial charge in [0.15, 0.2) is 11.7 Å². The Hall–Kier alpha value is -4.49. The number of rotatable bonds is 21. The van der Waals surface area contributed by atoms with E-state index in [-0.39, 0.29) is 49.1 Å². The van der Waals surface area contributed by atoms with Crippen LogP contribution in [-0.2, 0) is 32.0 Å². The summed E-state index contributed by atoms with van der Waals surface area (Å²) in [5.41, 5.74) is 26.0. The zero-order valence-electron chi connectivity index (χ0n) is 27.5. The molecule has 47 heavy (non-hydrogen) atoms. The van der Waals surface area contributed by atoms with Gasteiger partial charge in [0.1, 0.15) is 11.8 Å². The molecular weight excluding hydrogens is 600 g/mol. The van der Waals surface area contributed by atoms with E-state index in [1.54, 1.807) is 12.1 Å². The fourth-order valence-corrected chi connectivity index (χ4v) is 5.49. The summed E-state index contributed by atoms with van der Waals surface area (Å²) in [4.78, 5) is 52.6. The van der Waals surface area contributed by atoms with Crippen LogP contribution in [0.15, 0.2) is 42.5 Å². The van der Waals surface area contributed by atoms with Crippen LogP contribution in [0.5, 0.6) is 5.75 Å². The number of hydrogen-bond donors (Lipinski definition) is 9. The maximum absolute atomic E-state index is 13.8. The summed E-state index contributed by atoms with van der Waals surface area (Å²) in [6.45, 7) is 4.47. The molecule has 13 N–H and O–H groups in total. The lowest BCUT2D eigenvalue weighted by Gasteiger charge is -2.24. The normalized spacial score (nSPS) is 13.5. The number of amides is 3. The molecule has 0 bridgehead atoms. The minimum atomic E-state index is -0.935. The number of nitrogens with one attached hydrogen (secondary N) is 4. The molecule has 0 aliphatic rings. The molecule has 13 nitrogen and oxygen atoms in total. The average Bonchev–Trinajstić information content (AvgIpc) is 3.01. The molecule has 2 rings (SSSR count). The van der Waals surface area contributed by atoms with Crippen molar-refractivity contribution in [2.45, 2.75) is 89.8 Å². The molecule has 0 aromatic heterocycles. The first-order valence-corrected chi connectivity index (χ1v) is 16.1. The van der Waals surface area contributed by atoms with E-state index in [1.807, 2.05) is 44.2 Å². The zero-order valence-corrected chi connectivity index (χ0v) is 27.5. The van der Waals surface area contributed by atoms with Crippen molar-refractivity contribution in [3.63, 3.8) is 0 Å². The lowest BCUT2D eigenvalue weighted by atomic mass is 9.89. The highest BCUT2D eigenvalue weighted by Gasteiger charge is 2.29. The minimum Gasteiger partial charge on any atom is -0.508 e. The van der Waals surface area contributed by atoms with E-state index >= 15 is 0 Å². The molecule has 2 aromatic rings. The number of benzene rings is 2. The van der Waals surface area contributed by atoms with Crippen LogP contribution in [0, 0.1) is 25.2 Å². The molecule has 4 atom stereocenters. The van der Waals surface area contributed by atoms with Crippen molar-refractivity contribution in [3.8, 4) is 5.75 Å². The second-order valence-corrected chi connectivity index (χ2v) is 12.1. The number of guanidine groups is 1. The Labute approximate surface area is 277 Å². The number of nitrogens with two attached hydrogens (primary N) is 4. The van der Waals surface area contributed by atoms with Gasteiger partial charge in [-0.25, -0.2) is 0 Å². The van der Waals surface area contributed by atoms with Gasteiger partial charge in [0.05, 0.1) is 12.1 Å². The van der Waals surface area contributed by atoms with Crippen molar-refractivity contribution in [1.82, 2.24) is 16.0 Å². The summed E-state index contributed by atoms with van der Waals surface area (Å²) in [6, 6.07) is 9.67. The van der Waals surface area contributed by atoms with Gasteiger partial charge in [0.25, 0.3) is 0 Å². The number of primary amides is 1. The van der Waals surface area contributed by atoms with E-state index in [2.05, 4.69) is 16.0 Å². The van der Waals surface area contributed by atoms with E-state index in [9.17, 15) is 24.3 Å². The second kappa shape index (κ2) is 19.9. The van der Waals surface area contributed by atoms with Gasteiger partial charge in [-0.2, -0.15) is 0 Å². The molecular formula is C34H52N8O5. The number of carbonyl (C=O) groups is 4. The number of ketones is 1. The van der Waals surface area contributed by atoms with Crippen LogP contribution in [-0.4, -0.2) is 65.8 Å². The lowest BCUT2D eigenvalue weighted by molar-refractivity contribution is -0.131. The van der Waals surface area contributed by atoms with E-state index in [0.717, 1.165) is 22.3 Å². The lowest BCUT2D eigenvalue weighted by Crippen LogP contribution is -2.50. The van der Waals surface area contributed by atoms with Gasteiger partial charge in [-0.1, -0.05) is 36.8 Å². The number of carbonyl (C=O) groups excluding carboxylic acids is 4. The largest absolute Gasteiger partial charge is 0.508 e. The van der Waals surface area contributed by atoms with Gasteiger partial charge in [-0.05, 0) is 86.9 Å². The molecule has 13 heteroatoms. The Balaban J connectivity index is 2.21. The van der Waals surface area contributed by atoms with Crippen molar-refractivity contribution in [3.05, 3.63) is 64.7 Å². The maximum atomic E-state index is 13.8. The molecule has 0 saturated heterocycles. The van der Waals surface area contributed by atoms with Crippen molar-refractivity contribution in [2.24, 2.45) is 28.9 Å². The van der Waals surface area contributed by atoms with Gasteiger partial charge in [-0.3, -0.25) is 24.6 Å². The highest BCUT2D eigenvalue weighted by Crippen LogP contribution is 2.24. The third-order valence-electron chi connectivity index (χ3n) is 8.20.